The minimum Gasteiger partial charge on any atom is -0.287 e. The number of hydrogen-bond donors (Lipinski definition) is 1. The molecular weight excluding hydrogens is 212 g/mol. The summed E-state index contributed by atoms with van der Waals surface area (Å²) in [4.78, 5) is 11.5. The molecule has 1 heterocycles. The highest BCUT2D eigenvalue weighted by Crippen LogP contribution is 2.21. The van der Waals surface area contributed by atoms with Crippen LogP contribution < -0.4 is 5.43 Å². The number of fused-ring (bicyclic) bond motifs is 1. The molecule has 0 fully saturated rings. The van der Waals surface area contributed by atoms with Crippen LogP contribution in [0.4, 0.5) is 0 Å². The summed E-state index contributed by atoms with van der Waals surface area (Å²) in [5.74, 6) is 0. The molecule has 0 atom stereocenters. The van der Waals surface area contributed by atoms with Crippen LogP contribution in [0.1, 0.15) is 0 Å². The topological polar surface area (TPSA) is 45.8 Å². The third kappa shape index (κ3) is 1.72. The standard InChI is InChI=1S/C14H10N2O/c17-14-9-15-16-13-8-11(6-7-12(13)14)10-4-2-1-3-5-10/h1-9H,(H,16,17). The molecule has 0 spiro atoms. The van der Waals surface area contributed by atoms with Crippen LogP contribution in [0.25, 0.3) is 22.0 Å². The van der Waals surface area contributed by atoms with E-state index in [1.807, 2.05) is 48.5 Å². The van der Waals surface area contributed by atoms with E-state index in [9.17, 15) is 4.79 Å². The average molecular weight is 222 g/mol. The number of nitrogens with one attached hydrogen (secondary N) is 1. The van der Waals surface area contributed by atoms with E-state index in [2.05, 4.69) is 10.2 Å². The first-order valence-electron chi connectivity index (χ1n) is 5.37. The van der Waals surface area contributed by atoms with Gasteiger partial charge in [0.15, 0.2) is 0 Å². The Kier molecular flexibility index (Phi) is 2.22. The van der Waals surface area contributed by atoms with Crippen molar-refractivity contribution in [2.24, 2.45) is 0 Å². The summed E-state index contributed by atoms with van der Waals surface area (Å²) in [7, 11) is 0. The zero-order valence-electron chi connectivity index (χ0n) is 9.05. The quantitative estimate of drug-likeness (QED) is 0.687. The fourth-order valence-electron chi connectivity index (χ4n) is 1.89. The Morgan fingerprint density at radius 3 is 2.59 bits per heavy atom. The molecule has 3 heteroatoms. The van der Waals surface area contributed by atoms with E-state index < -0.39 is 0 Å². The lowest BCUT2D eigenvalue weighted by atomic mass is 10.0. The summed E-state index contributed by atoms with van der Waals surface area (Å²) < 4.78 is 0. The van der Waals surface area contributed by atoms with Crippen molar-refractivity contribution in [1.82, 2.24) is 10.2 Å². The molecule has 0 aliphatic carbocycles. The largest absolute Gasteiger partial charge is 0.287 e. The molecule has 0 unspecified atom stereocenters. The lowest BCUT2D eigenvalue weighted by molar-refractivity contribution is 1.06. The van der Waals surface area contributed by atoms with Crippen molar-refractivity contribution >= 4 is 10.9 Å². The molecule has 1 N–H and O–H groups in total. The predicted molar refractivity (Wildman–Crippen MR) is 67.8 cm³/mol. The summed E-state index contributed by atoms with van der Waals surface area (Å²) >= 11 is 0. The molecule has 3 nitrogen and oxygen atoms in total. The normalized spacial score (nSPS) is 10.6. The Hall–Kier alpha value is -2.42. The number of aromatic nitrogens is 2. The maximum Gasteiger partial charge on any atom is 0.207 e. The molecule has 0 aliphatic heterocycles. The second kappa shape index (κ2) is 3.87. The first-order chi connectivity index (χ1) is 8.34. The van der Waals surface area contributed by atoms with Gasteiger partial charge in [0.2, 0.25) is 5.43 Å². The van der Waals surface area contributed by atoms with Crippen LogP contribution in [-0.4, -0.2) is 10.2 Å². The Morgan fingerprint density at radius 1 is 0.941 bits per heavy atom. The zero-order chi connectivity index (χ0) is 11.7. The smallest absolute Gasteiger partial charge is 0.207 e. The van der Waals surface area contributed by atoms with Crippen molar-refractivity contribution in [3.63, 3.8) is 0 Å². The molecular formula is C14H10N2O. The molecule has 2 aromatic carbocycles. The number of benzene rings is 2. The predicted octanol–water partition coefficient (Wildman–Crippen LogP) is 2.59. The van der Waals surface area contributed by atoms with Gasteiger partial charge in [0.05, 0.1) is 11.7 Å². The molecule has 0 aliphatic rings. The van der Waals surface area contributed by atoms with E-state index >= 15 is 0 Å². The number of hydrogen-bond acceptors (Lipinski definition) is 2. The van der Waals surface area contributed by atoms with E-state index in [0.29, 0.717) is 5.39 Å². The van der Waals surface area contributed by atoms with E-state index in [1.54, 1.807) is 0 Å². The van der Waals surface area contributed by atoms with Gasteiger partial charge in [0.25, 0.3) is 0 Å². The van der Waals surface area contributed by atoms with E-state index in [-0.39, 0.29) is 5.43 Å². The highest BCUT2D eigenvalue weighted by Gasteiger charge is 2.01. The van der Waals surface area contributed by atoms with Crippen LogP contribution in [0, 0.1) is 0 Å². The van der Waals surface area contributed by atoms with Crippen LogP contribution in [0.2, 0.25) is 0 Å². The van der Waals surface area contributed by atoms with Gasteiger partial charge in [-0.3, -0.25) is 9.89 Å². The molecule has 0 bridgehead atoms. The molecule has 3 rings (SSSR count). The molecule has 0 radical (unpaired) electrons. The Labute approximate surface area is 97.7 Å². The van der Waals surface area contributed by atoms with Crippen molar-refractivity contribution in [3.8, 4) is 11.1 Å². The molecule has 0 saturated carbocycles. The van der Waals surface area contributed by atoms with Gasteiger partial charge >= 0.3 is 0 Å². The maximum atomic E-state index is 11.5. The van der Waals surface area contributed by atoms with Crippen molar-refractivity contribution in [1.29, 1.82) is 0 Å². The monoisotopic (exact) mass is 222 g/mol. The molecule has 1 aromatic heterocycles. The van der Waals surface area contributed by atoms with Crippen molar-refractivity contribution in [2.75, 3.05) is 0 Å². The maximum absolute atomic E-state index is 11.5. The number of H-pyrrole nitrogens is 1. The Bertz CT molecular complexity index is 717. The Morgan fingerprint density at radius 2 is 1.76 bits per heavy atom. The summed E-state index contributed by atoms with van der Waals surface area (Å²) in [6.07, 6.45) is 1.30. The van der Waals surface area contributed by atoms with E-state index in [0.717, 1.165) is 16.6 Å². The minimum absolute atomic E-state index is 0.0571. The second-order valence-corrected chi connectivity index (χ2v) is 3.86. The lowest BCUT2D eigenvalue weighted by Crippen LogP contribution is -2.02. The summed E-state index contributed by atoms with van der Waals surface area (Å²) in [6, 6.07) is 15.8. The van der Waals surface area contributed by atoms with Crippen LogP contribution in [0.15, 0.2) is 59.5 Å². The van der Waals surface area contributed by atoms with Crippen LogP contribution in [-0.2, 0) is 0 Å². The molecule has 0 amide bonds. The van der Waals surface area contributed by atoms with E-state index in [4.69, 9.17) is 0 Å². The summed E-state index contributed by atoms with van der Waals surface area (Å²) in [5, 5.41) is 7.33. The van der Waals surface area contributed by atoms with Crippen LogP contribution in [0.3, 0.4) is 0 Å². The van der Waals surface area contributed by atoms with Crippen LogP contribution in [0.5, 0.6) is 0 Å². The van der Waals surface area contributed by atoms with Crippen molar-refractivity contribution in [3.05, 3.63) is 65.0 Å². The average Bonchev–Trinajstić information content (AvgIpc) is 2.40. The van der Waals surface area contributed by atoms with E-state index in [1.165, 1.54) is 6.20 Å². The second-order valence-electron chi connectivity index (χ2n) is 3.86. The first kappa shape index (κ1) is 9.78. The Balaban J connectivity index is 2.25. The first-order valence-corrected chi connectivity index (χ1v) is 5.37. The van der Waals surface area contributed by atoms with Gasteiger partial charge in [-0.2, -0.15) is 5.10 Å². The van der Waals surface area contributed by atoms with Gasteiger partial charge in [0, 0.05) is 5.39 Å². The number of nitrogens with zero attached hydrogens (tertiary/aromatic N) is 1. The van der Waals surface area contributed by atoms with Gasteiger partial charge in [-0.25, -0.2) is 0 Å². The van der Waals surface area contributed by atoms with Gasteiger partial charge < -0.3 is 0 Å². The minimum atomic E-state index is -0.0571. The number of rotatable bonds is 1. The fourth-order valence-corrected chi connectivity index (χ4v) is 1.89. The third-order valence-electron chi connectivity index (χ3n) is 2.76. The number of aromatic amines is 1. The molecule has 82 valence electrons. The van der Waals surface area contributed by atoms with Gasteiger partial charge in [-0.1, -0.05) is 36.4 Å². The van der Waals surface area contributed by atoms with Gasteiger partial charge in [-0.15, -0.1) is 0 Å². The van der Waals surface area contributed by atoms with Gasteiger partial charge in [0.1, 0.15) is 0 Å². The molecule has 3 aromatic rings. The third-order valence-corrected chi connectivity index (χ3v) is 2.76. The molecule has 17 heavy (non-hydrogen) atoms. The molecule has 0 saturated heterocycles. The fraction of sp³-hybridized carbons (Fsp3) is 0. The summed E-state index contributed by atoms with van der Waals surface area (Å²) in [5.41, 5.74) is 2.90. The van der Waals surface area contributed by atoms with Crippen molar-refractivity contribution in [2.45, 2.75) is 0 Å². The lowest BCUT2D eigenvalue weighted by Gasteiger charge is -2.02. The zero-order valence-corrected chi connectivity index (χ0v) is 9.05. The van der Waals surface area contributed by atoms with Crippen LogP contribution >= 0.6 is 0 Å². The summed E-state index contributed by atoms with van der Waals surface area (Å²) in [6.45, 7) is 0. The van der Waals surface area contributed by atoms with Gasteiger partial charge in [-0.05, 0) is 23.3 Å². The highest BCUT2D eigenvalue weighted by atomic mass is 16.1. The SMILES string of the molecule is O=c1cn[nH]c2cc(-c3ccccc3)ccc12. The van der Waals surface area contributed by atoms with Crippen molar-refractivity contribution < 1.29 is 0 Å². The highest BCUT2D eigenvalue weighted by molar-refractivity contribution is 5.83.